The molecule has 3 aromatic rings. The van der Waals surface area contributed by atoms with Crippen molar-refractivity contribution in [1.29, 1.82) is 0 Å². The quantitative estimate of drug-likeness (QED) is 0.471. The number of sulfonamides is 1. The van der Waals surface area contributed by atoms with E-state index in [-0.39, 0.29) is 9.92 Å². The third-order valence-corrected chi connectivity index (χ3v) is 8.53. The topological polar surface area (TPSA) is 70.7 Å². The minimum atomic E-state index is -3.93. The molecule has 9 heteroatoms. The molecule has 0 bridgehead atoms. The van der Waals surface area contributed by atoms with E-state index in [4.69, 9.17) is 16.3 Å². The van der Waals surface area contributed by atoms with Gasteiger partial charge in [-0.05, 0) is 73.7 Å². The van der Waals surface area contributed by atoms with Crippen LogP contribution in [-0.4, -0.2) is 40.7 Å². The molecule has 1 aliphatic heterocycles. The number of piperazine rings is 1. The van der Waals surface area contributed by atoms with Crippen molar-refractivity contribution in [3.63, 3.8) is 0 Å². The van der Waals surface area contributed by atoms with Gasteiger partial charge in [-0.1, -0.05) is 17.7 Å². The van der Waals surface area contributed by atoms with Crippen LogP contribution in [0.1, 0.15) is 19.4 Å². The minimum absolute atomic E-state index is 0.0260. The zero-order valence-electron chi connectivity index (χ0n) is 19.1. The molecule has 1 aliphatic rings. The van der Waals surface area contributed by atoms with Crippen LogP contribution < -0.4 is 19.7 Å². The molecule has 1 aromatic heterocycles. The van der Waals surface area contributed by atoms with Crippen molar-refractivity contribution in [1.82, 2.24) is 5.32 Å². The number of ether oxygens (including phenoxy) is 1. The molecule has 4 rings (SSSR count). The fourth-order valence-electron chi connectivity index (χ4n) is 4.16. The molecule has 1 saturated heterocycles. The second-order valence-electron chi connectivity index (χ2n) is 8.50. The molecule has 2 aromatic carbocycles. The van der Waals surface area contributed by atoms with Crippen LogP contribution in [0.5, 0.6) is 5.75 Å². The molecule has 0 saturated carbocycles. The first-order valence-electron chi connectivity index (χ1n) is 10.7. The smallest absolute Gasteiger partial charge is 0.263 e. The molecule has 2 N–H and O–H groups in total. The Bertz CT molecular complexity index is 1250. The van der Waals surface area contributed by atoms with Crippen molar-refractivity contribution < 1.29 is 13.2 Å². The van der Waals surface area contributed by atoms with Crippen LogP contribution in [0.2, 0.25) is 5.02 Å². The number of thiophene rings is 1. The highest BCUT2D eigenvalue weighted by Crippen LogP contribution is 2.35. The van der Waals surface area contributed by atoms with E-state index in [0.29, 0.717) is 23.5 Å². The minimum Gasteiger partial charge on any atom is -0.495 e. The van der Waals surface area contributed by atoms with Crippen LogP contribution in [0.3, 0.4) is 0 Å². The summed E-state index contributed by atoms with van der Waals surface area (Å²) in [7, 11) is -2.41. The molecule has 176 valence electrons. The molecule has 0 unspecified atom stereocenters. The van der Waals surface area contributed by atoms with E-state index in [1.165, 1.54) is 7.11 Å². The molecule has 2 heterocycles. The molecular formula is C24H28ClN3O3S2. The number of hydrogen-bond acceptors (Lipinski definition) is 6. The van der Waals surface area contributed by atoms with Gasteiger partial charge in [-0.2, -0.15) is 0 Å². The summed E-state index contributed by atoms with van der Waals surface area (Å²) >= 11 is 8.03. The van der Waals surface area contributed by atoms with Gasteiger partial charge in [0.25, 0.3) is 10.0 Å². The number of anilines is 2. The van der Waals surface area contributed by atoms with Crippen LogP contribution in [0.25, 0.3) is 10.4 Å². The van der Waals surface area contributed by atoms with Gasteiger partial charge in [0.05, 0.1) is 17.8 Å². The van der Waals surface area contributed by atoms with Gasteiger partial charge in [-0.25, -0.2) is 8.42 Å². The summed E-state index contributed by atoms with van der Waals surface area (Å²) in [5.74, 6) is 0.445. The number of aryl methyl sites for hydroxylation is 1. The Morgan fingerprint density at radius 2 is 1.85 bits per heavy atom. The Hall–Kier alpha value is -2.26. The average molecular weight is 506 g/mol. The Labute approximate surface area is 204 Å². The second-order valence-corrected chi connectivity index (χ2v) is 11.5. The summed E-state index contributed by atoms with van der Waals surface area (Å²) < 4.78 is 34.6. The lowest BCUT2D eigenvalue weighted by Crippen LogP contribution is -2.54. The predicted molar refractivity (Wildman–Crippen MR) is 138 cm³/mol. The van der Waals surface area contributed by atoms with Gasteiger partial charge in [-0.15, -0.1) is 11.3 Å². The molecule has 0 amide bonds. The van der Waals surface area contributed by atoms with E-state index in [1.54, 1.807) is 35.6 Å². The molecular weight excluding hydrogens is 478 g/mol. The first kappa shape index (κ1) is 23.9. The summed E-state index contributed by atoms with van der Waals surface area (Å²) in [6.45, 7) is 7.96. The molecule has 0 radical (unpaired) electrons. The van der Waals surface area contributed by atoms with Crippen molar-refractivity contribution in [2.24, 2.45) is 0 Å². The van der Waals surface area contributed by atoms with E-state index in [9.17, 15) is 8.42 Å². The summed E-state index contributed by atoms with van der Waals surface area (Å²) in [5, 5.41) is 5.73. The average Bonchev–Trinajstić information content (AvgIpc) is 3.19. The monoisotopic (exact) mass is 505 g/mol. The van der Waals surface area contributed by atoms with Crippen LogP contribution in [-0.2, 0) is 10.0 Å². The maximum absolute atomic E-state index is 13.3. The molecule has 0 spiro atoms. The number of hydrogen-bond donors (Lipinski definition) is 2. The van der Waals surface area contributed by atoms with Crippen molar-refractivity contribution in [3.05, 3.63) is 58.4 Å². The number of nitrogens with zero attached hydrogens (tertiary/aromatic N) is 1. The molecule has 33 heavy (non-hydrogen) atoms. The summed E-state index contributed by atoms with van der Waals surface area (Å²) in [6, 6.07) is 13.3. The maximum atomic E-state index is 13.3. The standard InChI is InChI=1S/C24H28ClN3O3S2/c1-15-9-23(32-14-15)18-5-8-24(20(25)10-18)33(29,30)27-21-11-19(6-7-22(21)31-4)28-12-16(2)26-17(3)13-28/h5-11,14,16-17,26-27H,12-13H2,1-4H3/t16-,17+. The fourth-order valence-corrected chi connectivity index (χ4v) is 6.67. The Morgan fingerprint density at radius 1 is 1.12 bits per heavy atom. The van der Waals surface area contributed by atoms with E-state index >= 15 is 0 Å². The Morgan fingerprint density at radius 3 is 2.45 bits per heavy atom. The number of rotatable bonds is 6. The summed E-state index contributed by atoms with van der Waals surface area (Å²) in [4.78, 5) is 3.31. The van der Waals surface area contributed by atoms with Gasteiger partial charge in [-0.3, -0.25) is 4.72 Å². The van der Waals surface area contributed by atoms with Gasteiger partial charge < -0.3 is 15.0 Å². The van der Waals surface area contributed by atoms with Crippen LogP contribution >= 0.6 is 22.9 Å². The second kappa shape index (κ2) is 9.54. The van der Waals surface area contributed by atoms with Gasteiger partial charge >= 0.3 is 0 Å². The van der Waals surface area contributed by atoms with Gasteiger partial charge in [0.2, 0.25) is 0 Å². The lowest BCUT2D eigenvalue weighted by Gasteiger charge is -2.38. The fraction of sp³-hybridized carbons (Fsp3) is 0.333. The van der Waals surface area contributed by atoms with Crippen molar-refractivity contribution in [3.8, 4) is 16.2 Å². The SMILES string of the molecule is COc1ccc(N2C[C@@H](C)N[C@@H](C)C2)cc1NS(=O)(=O)c1ccc(-c2cc(C)cs2)cc1Cl. The van der Waals surface area contributed by atoms with Gasteiger partial charge in [0.1, 0.15) is 10.6 Å². The van der Waals surface area contributed by atoms with E-state index in [2.05, 4.69) is 40.2 Å². The van der Waals surface area contributed by atoms with Gasteiger partial charge in [0, 0.05) is 35.7 Å². The molecule has 1 fully saturated rings. The third kappa shape index (κ3) is 5.30. The Kier molecular flexibility index (Phi) is 6.91. The number of nitrogens with one attached hydrogen (secondary N) is 2. The highest BCUT2D eigenvalue weighted by atomic mass is 35.5. The van der Waals surface area contributed by atoms with Crippen LogP contribution in [0.4, 0.5) is 11.4 Å². The lowest BCUT2D eigenvalue weighted by atomic mass is 10.1. The van der Waals surface area contributed by atoms with Gasteiger partial charge in [0.15, 0.2) is 0 Å². The summed E-state index contributed by atoms with van der Waals surface area (Å²) in [5.41, 5.74) is 3.36. The first-order valence-corrected chi connectivity index (χ1v) is 13.5. The number of benzene rings is 2. The lowest BCUT2D eigenvalue weighted by molar-refractivity contribution is 0.406. The molecule has 6 nitrogen and oxygen atoms in total. The van der Waals surface area contributed by atoms with Crippen molar-refractivity contribution >= 4 is 44.3 Å². The first-order chi connectivity index (χ1) is 15.7. The van der Waals surface area contributed by atoms with Crippen LogP contribution in [0, 0.1) is 6.92 Å². The summed E-state index contributed by atoms with van der Waals surface area (Å²) in [6.07, 6.45) is 0. The predicted octanol–water partition coefficient (Wildman–Crippen LogP) is 5.37. The van der Waals surface area contributed by atoms with E-state index < -0.39 is 10.0 Å². The zero-order chi connectivity index (χ0) is 23.8. The number of methoxy groups -OCH3 is 1. The number of halogens is 1. The zero-order valence-corrected chi connectivity index (χ0v) is 21.4. The van der Waals surface area contributed by atoms with Crippen LogP contribution in [0.15, 0.2) is 52.7 Å². The maximum Gasteiger partial charge on any atom is 0.263 e. The largest absolute Gasteiger partial charge is 0.495 e. The van der Waals surface area contributed by atoms with Crippen molar-refractivity contribution in [2.45, 2.75) is 37.8 Å². The Balaban J connectivity index is 1.63. The highest BCUT2D eigenvalue weighted by molar-refractivity contribution is 7.92. The molecule has 0 aliphatic carbocycles. The van der Waals surface area contributed by atoms with Crippen molar-refractivity contribution in [2.75, 3.05) is 29.8 Å². The molecule has 2 atom stereocenters. The normalized spacial score (nSPS) is 18.9. The van der Waals surface area contributed by atoms with E-state index in [1.807, 2.05) is 19.1 Å². The third-order valence-electron chi connectivity index (χ3n) is 5.59. The van der Waals surface area contributed by atoms with E-state index in [0.717, 1.165) is 34.8 Å². The highest BCUT2D eigenvalue weighted by Gasteiger charge is 2.24.